The van der Waals surface area contributed by atoms with E-state index in [0.29, 0.717) is 32.0 Å². The first-order valence-electron chi connectivity index (χ1n) is 8.77. The summed E-state index contributed by atoms with van der Waals surface area (Å²) in [5.41, 5.74) is -0.127. The Morgan fingerprint density at radius 1 is 0.962 bits per heavy atom. The first-order chi connectivity index (χ1) is 12.5. The van der Waals surface area contributed by atoms with Crippen molar-refractivity contribution in [3.8, 4) is 0 Å². The van der Waals surface area contributed by atoms with Crippen molar-refractivity contribution in [2.75, 3.05) is 26.4 Å². The maximum Gasteiger partial charge on any atom is 0.416 e. The van der Waals surface area contributed by atoms with Gasteiger partial charge in [-0.1, -0.05) is 31.2 Å². The van der Waals surface area contributed by atoms with Crippen molar-refractivity contribution in [3.05, 3.63) is 47.5 Å². The van der Waals surface area contributed by atoms with Gasteiger partial charge in [0, 0.05) is 11.5 Å². The number of halogens is 3. The number of benzene rings is 1. The molecule has 2 heterocycles. The number of allylic oxidation sites excluding steroid dienone is 1. The highest BCUT2D eigenvalue weighted by molar-refractivity contribution is 5.25. The van der Waals surface area contributed by atoms with Crippen LogP contribution in [0.25, 0.3) is 0 Å². The third-order valence-corrected chi connectivity index (χ3v) is 4.41. The molecule has 7 heteroatoms. The second-order valence-electron chi connectivity index (χ2n) is 6.51. The van der Waals surface area contributed by atoms with Crippen LogP contribution in [-0.2, 0) is 25.1 Å². The van der Waals surface area contributed by atoms with Gasteiger partial charge in [0.05, 0.1) is 37.9 Å². The fourth-order valence-corrected chi connectivity index (χ4v) is 2.94. The number of hydrogen-bond acceptors (Lipinski definition) is 4. The maximum atomic E-state index is 12.6. The van der Waals surface area contributed by atoms with Gasteiger partial charge in [-0.2, -0.15) is 13.2 Å². The summed E-state index contributed by atoms with van der Waals surface area (Å²) in [6.07, 6.45) is -0.218. The molecule has 0 bridgehead atoms. The van der Waals surface area contributed by atoms with Crippen molar-refractivity contribution in [2.24, 2.45) is 11.8 Å². The van der Waals surface area contributed by atoms with Gasteiger partial charge in [0.1, 0.15) is 0 Å². The van der Waals surface area contributed by atoms with E-state index in [1.54, 1.807) is 0 Å². The largest absolute Gasteiger partial charge is 0.416 e. The van der Waals surface area contributed by atoms with Crippen molar-refractivity contribution < 1.29 is 32.1 Å². The van der Waals surface area contributed by atoms with Gasteiger partial charge in [0.15, 0.2) is 12.6 Å². The second-order valence-corrected chi connectivity index (χ2v) is 6.51. The smallest absolute Gasteiger partial charge is 0.351 e. The van der Waals surface area contributed by atoms with Gasteiger partial charge < -0.3 is 18.9 Å². The van der Waals surface area contributed by atoms with Crippen molar-refractivity contribution in [1.82, 2.24) is 0 Å². The zero-order chi connectivity index (χ0) is 18.6. The molecule has 1 aromatic carbocycles. The Kier molecular flexibility index (Phi) is 6.34. The molecule has 0 radical (unpaired) electrons. The lowest BCUT2D eigenvalue weighted by Gasteiger charge is -2.37. The molecule has 0 unspecified atom stereocenters. The van der Waals surface area contributed by atoms with E-state index in [1.165, 1.54) is 12.1 Å². The van der Waals surface area contributed by atoms with Crippen LogP contribution in [0.1, 0.15) is 30.8 Å². The summed E-state index contributed by atoms with van der Waals surface area (Å²) in [6.45, 7) is 4.01. The number of rotatable bonds is 4. The summed E-state index contributed by atoms with van der Waals surface area (Å²) in [7, 11) is 0. The molecule has 1 aromatic rings. The summed E-state index contributed by atoms with van der Waals surface area (Å²) in [6, 6.07) is 4.83. The molecule has 0 aliphatic carbocycles. The van der Waals surface area contributed by atoms with Crippen LogP contribution in [-0.4, -0.2) is 32.7 Å². The quantitative estimate of drug-likeness (QED) is 0.738. The predicted molar refractivity (Wildman–Crippen MR) is 88.2 cm³/mol. The SMILES string of the molecule is CC/C=C/[C@H]1CO[C@H]([C@H]2CO[C@H](c3ccc(C(F)(F)F)cc3)OC2)OC1. The van der Waals surface area contributed by atoms with Crippen molar-refractivity contribution in [1.29, 1.82) is 0 Å². The van der Waals surface area contributed by atoms with Gasteiger partial charge in [0.25, 0.3) is 0 Å². The molecule has 0 atom stereocenters. The van der Waals surface area contributed by atoms with E-state index in [0.717, 1.165) is 18.6 Å². The molecular weight excluding hydrogens is 349 g/mol. The molecule has 4 nitrogen and oxygen atoms in total. The van der Waals surface area contributed by atoms with E-state index in [-0.39, 0.29) is 18.1 Å². The Morgan fingerprint density at radius 2 is 1.58 bits per heavy atom. The number of alkyl halides is 3. The fourth-order valence-electron chi connectivity index (χ4n) is 2.94. The minimum Gasteiger partial charge on any atom is -0.351 e. The number of hydrogen-bond donors (Lipinski definition) is 0. The average Bonchev–Trinajstić information content (AvgIpc) is 2.66. The normalized spacial score (nSPS) is 30.6. The third-order valence-electron chi connectivity index (χ3n) is 4.41. The van der Waals surface area contributed by atoms with Crippen LogP contribution in [0.2, 0.25) is 0 Å². The Bertz CT molecular complexity index is 584. The molecule has 3 rings (SSSR count). The molecule has 144 valence electrons. The van der Waals surface area contributed by atoms with Crippen LogP contribution in [0.15, 0.2) is 36.4 Å². The lowest BCUT2D eigenvalue weighted by Crippen LogP contribution is -2.42. The third kappa shape index (κ3) is 4.85. The predicted octanol–water partition coefficient (Wildman–Crippen LogP) is 4.32. The first kappa shape index (κ1) is 19.4. The fraction of sp³-hybridized carbons (Fsp3) is 0.579. The van der Waals surface area contributed by atoms with E-state index >= 15 is 0 Å². The van der Waals surface area contributed by atoms with E-state index in [1.807, 2.05) is 0 Å². The molecule has 0 amide bonds. The Morgan fingerprint density at radius 3 is 2.12 bits per heavy atom. The minimum absolute atomic E-state index is 0.0585. The Balaban J connectivity index is 1.48. The van der Waals surface area contributed by atoms with Crippen LogP contribution in [0.5, 0.6) is 0 Å². The highest BCUT2D eigenvalue weighted by atomic mass is 19.4. The summed E-state index contributed by atoms with van der Waals surface area (Å²) in [5, 5.41) is 0. The summed E-state index contributed by atoms with van der Waals surface area (Å²) in [4.78, 5) is 0. The number of ether oxygens (including phenoxy) is 4. The van der Waals surface area contributed by atoms with Crippen molar-refractivity contribution in [3.63, 3.8) is 0 Å². The van der Waals surface area contributed by atoms with Gasteiger partial charge >= 0.3 is 6.18 Å². The van der Waals surface area contributed by atoms with Crippen LogP contribution in [0.4, 0.5) is 13.2 Å². The molecule has 2 saturated heterocycles. The zero-order valence-electron chi connectivity index (χ0n) is 14.6. The van der Waals surface area contributed by atoms with Crippen LogP contribution >= 0.6 is 0 Å². The summed E-state index contributed by atoms with van der Waals surface area (Å²) in [5.74, 6) is 0.202. The average molecular weight is 372 g/mol. The molecule has 0 aromatic heterocycles. The molecule has 0 N–H and O–H groups in total. The summed E-state index contributed by atoms with van der Waals surface area (Å²) >= 11 is 0. The molecule has 2 aliphatic heterocycles. The highest BCUT2D eigenvalue weighted by Crippen LogP contribution is 2.32. The van der Waals surface area contributed by atoms with Gasteiger partial charge in [0.2, 0.25) is 0 Å². The van der Waals surface area contributed by atoms with E-state index in [9.17, 15) is 13.2 Å². The second kappa shape index (κ2) is 8.52. The molecule has 0 saturated carbocycles. The van der Waals surface area contributed by atoms with Crippen LogP contribution < -0.4 is 0 Å². The first-order valence-corrected chi connectivity index (χ1v) is 8.77. The van der Waals surface area contributed by atoms with E-state index < -0.39 is 18.0 Å². The van der Waals surface area contributed by atoms with E-state index in [4.69, 9.17) is 18.9 Å². The standard InChI is InChI=1S/C19H23F3O4/c1-2-3-4-13-9-23-18(24-10-13)15-11-25-17(26-12-15)14-5-7-16(8-6-14)19(20,21)22/h3-8,13,15,17-18H,2,9-12H2,1H3/b4-3+/t13-,15-,17-,18-. The highest BCUT2D eigenvalue weighted by Gasteiger charge is 2.34. The monoisotopic (exact) mass is 372 g/mol. The maximum absolute atomic E-state index is 12.6. The van der Waals surface area contributed by atoms with Gasteiger partial charge in [-0.25, -0.2) is 0 Å². The molecule has 0 spiro atoms. The molecular formula is C19H23F3O4. The van der Waals surface area contributed by atoms with Gasteiger partial charge in [-0.15, -0.1) is 0 Å². The van der Waals surface area contributed by atoms with E-state index in [2.05, 4.69) is 19.1 Å². The van der Waals surface area contributed by atoms with Gasteiger partial charge in [-0.3, -0.25) is 0 Å². The van der Waals surface area contributed by atoms with Crippen LogP contribution in [0, 0.1) is 11.8 Å². The lowest BCUT2D eigenvalue weighted by molar-refractivity contribution is -0.280. The van der Waals surface area contributed by atoms with Crippen molar-refractivity contribution >= 4 is 0 Å². The molecule has 26 heavy (non-hydrogen) atoms. The zero-order valence-corrected chi connectivity index (χ0v) is 14.6. The lowest BCUT2D eigenvalue weighted by atomic mass is 10.1. The summed E-state index contributed by atoms with van der Waals surface area (Å²) < 4.78 is 60.7. The molecule has 2 fully saturated rings. The topological polar surface area (TPSA) is 36.9 Å². The Hall–Kier alpha value is -1.41. The minimum atomic E-state index is -4.35. The van der Waals surface area contributed by atoms with Gasteiger partial charge in [-0.05, 0) is 18.6 Å². The Labute approximate surface area is 150 Å². The van der Waals surface area contributed by atoms with Crippen molar-refractivity contribution in [2.45, 2.75) is 32.1 Å². The molecule has 2 aliphatic rings. The van der Waals surface area contributed by atoms with Crippen LogP contribution in [0.3, 0.4) is 0 Å².